The molecule has 0 aliphatic heterocycles. The summed E-state index contributed by atoms with van der Waals surface area (Å²) in [6.45, 7) is 7.58. The molecule has 0 saturated carbocycles. The molecule has 1 aromatic heterocycles. The third-order valence-electron chi connectivity index (χ3n) is 2.78. The van der Waals surface area contributed by atoms with E-state index < -0.39 is 0 Å². The number of aryl methyl sites for hydroxylation is 1. The number of rotatable bonds is 6. The van der Waals surface area contributed by atoms with Crippen LogP contribution in [0.5, 0.6) is 5.75 Å². The molecule has 0 amide bonds. The van der Waals surface area contributed by atoms with Crippen LogP contribution in [0.2, 0.25) is 0 Å². The van der Waals surface area contributed by atoms with Crippen molar-refractivity contribution in [3.8, 4) is 5.75 Å². The van der Waals surface area contributed by atoms with Gasteiger partial charge in [-0.25, -0.2) is 4.98 Å². The molecule has 6 heteroatoms. The Hall–Kier alpha value is -0.430. The number of aromatic nitrogens is 1. The SMILES string of the molecule is Cc1csc(COc2c(Br)cc(CNC(C)C)cc2Br)n1. The maximum atomic E-state index is 5.88. The number of halogens is 2. The maximum Gasteiger partial charge on any atom is 0.148 e. The molecule has 0 radical (unpaired) electrons. The Morgan fingerprint density at radius 2 is 1.95 bits per heavy atom. The fraction of sp³-hybridized carbons (Fsp3) is 0.400. The van der Waals surface area contributed by atoms with Gasteiger partial charge in [-0.3, -0.25) is 0 Å². The van der Waals surface area contributed by atoms with Gasteiger partial charge in [-0.15, -0.1) is 11.3 Å². The number of thiazole rings is 1. The minimum absolute atomic E-state index is 0.464. The van der Waals surface area contributed by atoms with E-state index >= 15 is 0 Å². The lowest BCUT2D eigenvalue weighted by Gasteiger charge is -2.13. The van der Waals surface area contributed by atoms with Gasteiger partial charge >= 0.3 is 0 Å². The van der Waals surface area contributed by atoms with Crippen LogP contribution >= 0.6 is 43.2 Å². The van der Waals surface area contributed by atoms with Crippen molar-refractivity contribution >= 4 is 43.2 Å². The van der Waals surface area contributed by atoms with E-state index in [1.165, 1.54) is 5.56 Å². The van der Waals surface area contributed by atoms with Crippen LogP contribution in [0, 0.1) is 6.92 Å². The summed E-state index contributed by atoms with van der Waals surface area (Å²) in [4.78, 5) is 4.40. The van der Waals surface area contributed by atoms with Gasteiger partial charge in [-0.05, 0) is 56.5 Å². The van der Waals surface area contributed by atoms with Crippen molar-refractivity contribution in [3.63, 3.8) is 0 Å². The molecular formula is C15H18Br2N2OS. The van der Waals surface area contributed by atoms with Crippen LogP contribution < -0.4 is 10.1 Å². The second-order valence-corrected chi connectivity index (χ2v) is 7.75. The van der Waals surface area contributed by atoms with Crippen molar-refractivity contribution < 1.29 is 4.74 Å². The van der Waals surface area contributed by atoms with E-state index in [0.29, 0.717) is 12.6 Å². The van der Waals surface area contributed by atoms with Crippen molar-refractivity contribution in [2.45, 2.75) is 40.0 Å². The molecule has 0 aliphatic carbocycles. The van der Waals surface area contributed by atoms with Gasteiger partial charge in [0.1, 0.15) is 17.4 Å². The average molecular weight is 434 g/mol. The summed E-state index contributed by atoms with van der Waals surface area (Å²) in [5.74, 6) is 0.816. The summed E-state index contributed by atoms with van der Waals surface area (Å²) in [7, 11) is 0. The second kappa shape index (κ2) is 7.72. The third kappa shape index (κ3) is 5.06. The number of hydrogen-bond acceptors (Lipinski definition) is 4. The molecule has 0 atom stereocenters. The highest BCUT2D eigenvalue weighted by molar-refractivity contribution is 9.11. The molecule has 2 aromatic rings. The van der Waals surface area contributed by atoms with E-state index in [9.17, 15) is 0 Å². The summed E-state index contributed by atoms with van der Waals surface area (Å²) < 4.78 is 7.78. The Kier molecular flexibility index (Phi) is 6.22. The predicted octanol–water partition coefficient (Wildman–Crippen LogP) is 5.05. The first-order valence-electron chi connectivity index (χ1n) is 6.71. The lowest BCUT2D eigenvalue weighted by Crippen LogP contribution is -2.21. The highest BCUT2D eigenvalue weighted by atomic mass is 79.9. The van der Waals surface area contributed by atoms with Crippen molar-refractivity contribution in [2.24, 2.45) is 0 Å². The van der Waals surface area contributed by atoms with Gasteiger partial charge in [0.15, 0.2) is 0 Å². The average Bonchev–Trinajstić information content (AvgIpc) is 2.81. The molecule has 0 spiro atoms. The monoisotopic (exact) mass is 432 g/mol. The second-order valence-electron chi connectivity index (χ2n) is 5.10. The Morgan fingerprint density at radius 3 is 2.48 bits per heavy atom. The lowest BCUT2D eigenvalue weighted by atomic mass is 10.2. The zero-order chi connectivity index (χ0) is 15.4. The molecule has 2 rings (SSSR count). The van der Waals surface area contributed by atoms with Gasteiger partial charge in [-0.1, -0.05) is 13.8 Å². The van der Waals surface area contributed by atoms with Crippen LogP contribution in [0.25, 0.3) is 0 Å². The first kappa shape index (κ1) is 16.9. The summed E-state index contributed by atoms with van der Waals surface area (Å²) in [6, 6.07) is 4.64. The molecule has 21 heavy (non-hydrogen) atoms. The number of nitrogens with zero attached hydrogens (tertiary/aromatic N) is 1. The molecule has 0 saturated heterocycles. The minimum atomic E-state index is 0.464. The molecule has 0 bridgehead atoms. The Morgan fingerprint density at radius 1 is 1.29 bits per heavy atom. The fourth-order valence-corrected chi connectivity index (χ4v) is 3.97. The van der Waals surface area contributed by atoms with Crippen LogP contribution in [0.1, 0.15) is 30.1 Å². The van der Waals surface area contributed by atoms with Crippen LogP contribution in [-0.4, -0.2) is 11.0 Å². The molecule has 0 aliphatic rings. The first-order chi connectivity index (χ1) is 9.95. The van der Waals surface area contributed by atoms with Crippen LogP contribution in [0.3, 0.4) is 0 Å². The van der Waals surface area contributed by atoms with Gasteiger partial charge in [-0.2, -0.15) is 0 Å². The number of benzene rings is 1. The van der Waals surface area contributed by atoms with Crippen molar-refractivity contribution in [3.05, 3.63) is 42.7 Å². The molecule has 1 N–H and O–H groups in total. The largest absolute Gasteiger partial charge is 0.484 e. The number of hydrogen-bond donors (Lipinski definition) is 1. The molecule has 1 heterocycles. The van der Waals surface area contributed by atoms with E-state index in [4.69, 9.17) is 4.74 Å². The lowest BCUT2D eigenvalue weighted by molar-refractivity contribution is 0.301. The minimum Gasteiger partial charge on any atom is -0.484 e. The van der Waals surface area contributed by atoms with E-state index in [1.807, 2.05) is 12.3 Å². The summed E-state index contributed by atoms with van der Waals surface area (Å²) >= 11 is 8.79. The Bertz CT molecular complexity index is 590. The standard InChI is InChI=1S/C15H18Br2N2OS/c1-9(2)18-6-11-4-12(16)15(13(17)5-11)20-7-14-19-10(3)8-21-14/h4-5,8-9,18H,6-7H2,1-3H3. The maximum absolute atomic E-state index is 5.88. The van der Waals surface area contributed by atoms with Crippen LogP contribution in [0.15, 0.2) is 26.5 Å². The Balaban J connectivity index is 2.06. The summed E-state index contributed by atoms with van der Waals surface area (Å²) in [5.41, 5.74) is 2.24. The van der Waals surface area contributed by atoms with Gasteiger partial charge in [0.05, 0.1) is 8.95 Å². The number of ether oxygens (including phenoxy) is 1. The highest BCUT2D eigenvalue weighted by Gasteiger charge is 2.10. The zero-order valence-corrected chi connectivity index (χ0v) is 16.2. The summed E-state index contributed by atoms with van der Waals surface area (Å²) in [5, 5.41) is 6.42. The summed E-state index contributed by atoms with van der Waals surface area (Å²) in [6.07, 6.45) is 0. The highest BCUT2D eigenvalue weighted by Crippen LogP contribution is 2.35. The zero-order valence-electron chi connectivity index (χ0n) is 12.2. The van der Waals surface area contributed by atoms with E-state index in [1.54, 1.807) is 11.3 Å². The van der Waals surface area contributed by atoms with Gasteiger partial charge in [0.2, 0.25) is 0 Å². The quantitative estimate of drug-likeness (QED) is 0.691. The first-order valence-corrected chi connectivity index (χ1v) is 9.17. The third-order valence-corrected chi connectivity index (χ3v) is 4.90. The molecule has 114 valence electrons. The fourth-order valence-electron chi connectivity index (χ4n) is 1.78. The van der Waals surface area contributed by atoms with Crippen molar-refractivity contribution in [2.75, 3.05) is 0 Å². The topological polar surface area (TPSA) is 34.1 Å². The van der Waals surface area contributed by atoms with E-state index in [2.05, 4.69) is 68.1 Å². The predicted molar refractivity (Wildman–Crippen MR) is 95.0 cm³/mol. The van der Waals surface area contributed by atoms with Crippen LogP contribution in [0.4, 0.5) is 0 Å². The van der Waals surface area contributed by atoms with Gasteiger partial charge < -0.3 is 10.1 Å². The smallest absolute Gasteiger partial charge is 0.148 e. The Labute approximate surface area is 146 Å². The van der Waals surface area contributed by atoms with Crippen molar-refractivity contribution in [1.29, 1.82) is 0 Å². The molecule has 0 unspecified atom stereocenters. The molecule has 3 nitrogen and oxygen atoms in total. The van der Waals surface area contributed by atoms with Gasteiger partial charge in [0.25, 0.3) is 0 Å². The molecule has 0 fully saturated rings. The molecule has 1 aromatic carbocycles. The van der Waals surface area contributed by atoms with E-state index in [-0.39, 0.29) is 0 Å². The van der Waals surface area contributed by atoms with E-state index in [0.717, 1.165) is 31.9 Å². The van der Waals surface area contributed by atoms with Gasteiger partial charge in [0, 0.05) is 23.7 Å². The van der Waals surface area contributed by atoms with Crippen LogP contribution in [-0.2, 0) is 13.2 Å². The molecular weight excluding hydrogens is 416 g/mol. The van der Waals surface area contributed by atoms with Crippen molar-refractivity contribution in [1.82, 2.24) is 10.3 Å². The number of nitrogens with one attached hydrogen (secondary N) is 1. The normalized spacial score (nSPS) is 11.1.